The van der Waals surface area contributed by atoms with Crippen LogP contribution in [0.3, 0.4) is 0 Å². The topological polar surface area (TPSA) is 34.1 Å². The van der Waals surface area contributed by atoms with Crippen molar-refractivity contribution < 1.29 is 8.42 Å². The van der Waals surface area contributed by atoms with E-state index in [1.807, 2.05) is 6.92 Å². The molecule has 0 unspecified atom stereocenters. The molecule has 72 valence electrons. The largest absolute Gasteiger partial charge is 0.261 e. The third-order valence-corrected chi connectivity index (χ3v) is 4.48. The molecule has 0 aliphatic heterocycles. The molecule has 1 aromatic carbocycles. The Morgan fingerprint density at radius 2 is 1.85 bits per heavy atom. The first-order valence-electron chi connectivity index (χ1n) is 3.54. The fraction of sp³-hybridized carbons (Fsp3) is 0.250. The predicted octanol–water partition coefficient (Wildman–Crippen LogP) is 2.99. The summed E-state index contributed by atoms with van der Waals surface area (Å²) in [5, 5.41) is 0. The van der Waals surface area contributed by atoms with E-state index in [-0.39, 0.29) is 4.90 Å². The standard InChI is InChI=1S/C8H8BrClO2S/c1-5-3-4-7(13(10,11)12)6(2)8(5)9/h3-4H,1-2H3. The molecule has 0 aromatic heterocycles. The fourth-order valence-electron chi connectivity index (χ4n) is 1.07. The Kier molecular flexibility index (Phi) is 3.05. The van der Waals surface area contributed by atoms with Crippen LogP contribution in [-0.4, -0.2) is 8.42 Å². The maximum atomic E-state index is 11.1. The van der Waals surface area contributed by atoms with E-state index in [0.29, 0.717) is 5.56 Å². The number of hydrogen-bond acceptors (Lipinski definition) is 2. The third kappa shape index (κ3) is 2.24. The summed E-state index contributed by atoms with van der Waals surface area (Å²) >= 11 is 3.30. The first kappa shape index (κ1) is 11.0. The second-order valence-corrected chi connectivity index (χ2v) is 6.08. The first-order valence-corrected chi connectivity index (χ1v) is 6.64. The van der Waals surface area contributed by atoms with Crippen molar-refractivity contribution in [3.05, 3.63) is 27.7 Å². The monoisotopic (exact) mass is 282 g/mol. The summed E-state index contributed by atoms with van der Waals surface area (Å²) < 4.78 is 22.9. The van der Waals surface area contributed by atoms with Crippen LogP contribution < -0.4 is 0 Å². The van der Waals surface area contributed by atoms with Crippen molar-refractivity contribution >= 4 is 35.7 Å². The van der Waals surface area contributed by atoms with E-state index in [4.69, 9.17) is 10.7 Å². The number of benzene rings is 1. The van der Waals surface area contributed by atoms with Gasteiger partial charge in [-0.2, -0.15) is 0 Å². The van der Waals surface area contributed by atoms with Crippen LogP contribution in [0, 0.1) is 13.8 Å². The van der Waals surface area contributed by atoms with Crippen LogP contribution in [0.5, 0.6) is 0 Å². The molecule has 1 aromatic rings. The van der Waals surface area contributed by atoms with Crippen LogP contribution in [0.25, 0.3) is 0 Å². The fourth-order valence-corrected chi connectivity index (χ4v) is 2.74. The first-order chi connectivity index (χ1) is 5.84. The van der Waals surface area contributed by atoms with Crippen molar-refractivity contribution in [2.45, 2.75) is 18.7 Å². The Morgan fingerprint density at radius 1 is 1.31 bits per heavy atom. The lowest BCUT2D eigenvalue weighted by Gasteiger charge is -2.06. The molecule has 2 nitrogen and oxygen atoms in total. The average Bonchev–Trinajstić information content (AvgIpc) is 1.98. The molecule has 0 saturated carbocycles. The van der Waals surface area contributed by atoms with E-state index in [1.54, 1.807) is 13.0 Å². The lowest BCUT2D eigenvalue weighted by molar-refractivity contribution is 0.609. The minimum Gasteiger partial charge on any atom is -0.207 e. The van der Waals surface area contributed by atoms with Crippen LogP contribution >= 0.6 is 26.6 Å². The SMILES string of the molecule is Cc1ccc(S(=O)(=O)Cl)c(C)c1Br. The van der Waals surface area contributed by atoms with Gasteiger partial charge in [-0.25, -0.2) is 8.42 Å². The van der Waals surface area contributed by atoms with Gasteiger partial charge in [0.15, 0.2) is 0 Å². The van der Waals surface area contributed by atoms with Gasteiger partial charge in [0.1, 0.15) is 0 Å². The van der Waals surface area contributed by atoms with Crippen LogP contribution in [-0.2, 0) is 9.05 Å². The summed E-state index contributed by atoms with van der Waals surface area (Å²) in [5.74, 6) is 0. The summed E-state index contributed by atoms with van der Waals surface area (Å²) in [4.78, 5) is 0.159. The Labute approximate surface area is 90.5 Å². The lowest BCUT2D eigenvalue weighted by atomic mass is 10.2. The number of hydrogen-bond donors (Lipinski definition) is 0. The molecule has 0 fully saturated rings. The van der Waals surface area contributed by atoms with Gasteiger partial charge in [0.25, 0.3) is 9.05 Å². The molecule has 0 aliphatic rings. The van der Waals surface area contributed by atoms with E-state index >= 15 is 0 Å². The van der Waals surface area contributed by atoms with Crippen molar-refractivity contribution in [3.63, 3.8) is 0 Å². The van der Waals surface area contributed by atoms with Crippen molar-refractivity contribution in [3.8, 4) is 0 Å². The maximum absolute atomic E-state index is 11.1. The van der Waals surface area contributed by atoms with Gasteiger partial charge in [-0.05, 0) is 31.0 Å². The zero-order valence-electron chi connectivity index (χ0n) is 7.14. The van der Waals surface area contributed by atoms with Gasteiger partial charge in [-0.3, -0.25) is 0 Å². The highest BCUT2D eigenvalue weighted by molar-refractivity contribution is 9.10. The molecular formula is C8H8BrClO2S. The highest BCUT2D eigenvalue weighted by Gasteiger charge is 2.15. The molecule has 0 radical (unpaired) electrons. The normalized spacial score (nSPS) is 11.7. The zero-order chi connectivity index (χ0) is 10.2. The number of rotatable bonds is 1. The second kappa shape index (κ2) is 3.59. The Bertz CT molecular complexity index is 440. The van der Waals surface area contributed by atoms with Crippen LogP contribution in [0.4, 0.5) is 0 Å². The third-order valence-electron chi connectivity index (χ3n) is 1.79. The summed E-state index contributed by atoms with van der Waals surface area (Å²) in [6.45, 7) is 3.61. The molecule has 0 heterocycles. The maximum Gasteiger partial charge on any atom is 0.261 e. The molecular weight excluding hydrogens is 276 g/mol. The molecule has 0 bridgehead atoms. The van der Waals surface area contributed by atoms with Gasteiger partial charge in [0.2, 0.25) is 0 Å². The summed E-state index contributed by atoms with van der Waals surface area (Å²) in [5.41, 5.74) is 1.64. The number of halogens is 2. The quantitative estimate of drug-likeness (QED) is 0.743. The Morgan fingerprint density at radius 3 is 2.31 bits per heavy atom. The molecule has 1 rings (SSSR count). The van der Waals surface area contributed by atoms with E-state index < -0.39 is 9.05 Å². The van der Waals surface area contributed by atoms with Crippen molar-refractivity contribution in [1.82, 2.24) is 0 Å². The highest BCUT2D eigenvalue weighted by Crippen LogP contribution is 2.28. The molecule has 0 atom stereocenters. The average molecular weight is 284 g/mol. The minimum atomic E-state index is -3.63. The molecule has 0 spiro atoms. The molecule has 0 saturated heterocycles. The van der Waals surface area contributed by atoms with E-state index in [9.17, 15) is 8.42 Å². The lowest BCUT2D eigenvalue weighted by Crippen LogP contribution is -1.96. The van der Waals surface area contributed by atoms with Crippen molar-refractivity contribution in [2.75, 3.05) is 0 Å². The van der Waals surface area contributed by atoms with Crippen LogP contribution in [0.2, 0.25) is 0 Å². The van der Waals surface area contributed by atoms with Gasteiger partial charge in [-0.1, -0.05) is 22.0 Å². The van der Waals surface area contributed by atoms with E-state index in [1.165, 1.54) is 6.07 Å². The second-order valence-electron chi connectivity index (χ2n) is 2.76. The summed E-state index contributed by atoms with van der Waals surface area (Å²) in [6, 6.07) is 3.23. The predicted molar refractivity (Wildman–Crippen MR) is 56.7 cm³/mol. The Balaban J connectivity index is 3.53. The molecule has 0 N–H and O–H groups in total. The zero-order valence-corrected chi connectivity index (χ0v) is 10.3. The molecule has 5 heteroatoms. The van der Waals surface area contributed by atoms with Crippen molar-refractivity contribution in [1.29, 1.82) is 0 Å². The van der Waals surface area contributed by atoms with Gasteiger partial charge in [-0.15, -0.1) is 0 Å². The van der Waals surface area contributed by atoms with Crippen molar-refractivity contribution in [2.24, 2.45) is 0 Å². The van der Waals surface area contributed by atoms with Crippen LogP contribution in [0.1, 0.15) is 11.1 Å². The van der Waals surface area contributed by atoms with Gasteiger partial charge in [0, 0.05) is 15.2 Å². The van der Waals surface area contributed by atoms with Crippen LogP contribution in [0.15, 0.2) is 21.5 Å². The molecule has 13 heavy (non-hydrogen) atoms. The highest BCUT2D eigenvalue weighted by atomic mass is 79.9. The number of aryl methyl sites for hydroxylation is 1. The van der Waals surface area contributed by atoms with Gasteiger partial charge in [0.05, 0.1) is 4.90 Å². The van der Waals surface area contributed by atoms with Gasteiger partial charge < -0.3 is 0 Å². The van der Waals surface area contributed by atoms with Gasteiger partial charge >= 0.3 is 0 Å². The van der Waals surface area contributed by atoms with E-state index in [0.717, 1.165) is 10.0 Å². The van der Waals surface area contributed by atoms with E-state index in [2.05, 4.69) is 15.9 Å². The minimum absolute atomic E-state index is 0.159. The molecule has 0 amide bonds. The summed E-state index contributed by atoms with van der Waals surface area (Å²) in [6.07, 6.45) is 0. The Hall–Kier alpha value is -0.0600. The summed E-state index contributed by atoms with van der Waals surface area (Å²) in [7, 11) is 1.61. The molecule has 0 aliphatic carbocycles. The smallest absolute Gasteiger partial charge is 0.207 e.